The molecule has 0 aliphatic rings. The molecule has 0 radical (unpaired) electrons. The smallest absolute Gasteiger partial charge is 0.0991 e. The van der Waals surface area contributed by atoms with Crippen molar-refractivity contribution in [1.29, 1.82) is 5.26 Å². The zero-order chi connectivity index (χ0) is 12.8. The maximum atomic E-state index is 8.68. The molecule has 0 saturated heterocycles. The Labute approximate surface area is 119 Å². The van der Waals surface area contributed by atoms with Gasteiger partial charge in [0.15, 0.2) is 0 Å². The first kappa shape index (κ1) is 14.7. The van der Waals surface area contributed by atoms with E-state index in [-0.39, 0.29) is 12.4 Å². The molecular weight excluding hydrogens is 258 g/mol. The summed E-state index contributed by atoms with van der Waals surface area (Å²) in [7, 11) is 0. The first-order chi connectivity index (χ1) is 8.78. The van der Waals surface area contributed by atoms with E-state index in [1.807, 2.05) is 43.3 Å². The molecule has 19 heavy (non-hydrogen) atoms. The van der Waals surface area contributed by atoms with Crippen LogP contribution < -0.4 is 5.43 Å². The van der Waals surface area contributed by atoms with Crippen LogP contribution in [-0.2, 0) is 0 Å². The van der Waals surface area contributed by atoms with E-state index in [2.05, 4.69) is 16.6 Å². The van der Waals surface area contributed by atoms with Crippen LogP contribution in [0.3, 0.4) is 0 Å². The Kier molecular flexibility index (Phi) is 5.59. The topological polar surface area (TPSA) is 48.2 Å². The van der Waals surface area contributed by atoms with E-state index in [1.54, 1.807) is 18.3 Å². The van der Waals surface area contributed by atoms with Crippen molar-refractivity contribution in [1.82, 2.24) is 0 Å². The number of nitrogens with one attached hydrogen (secondary N) is 1. The molecule has 0 saturated carbocycles. The average Bonchev–Trinajstić information content (AvgIpc) is 2.42. The van der Waals surface area contributed by atoms with E-state index in [4.69, 9.17) is 5.26 Å². The van der Waals surface area contributed by atoms with Gasteiger partial charge in [0.2, 0.25) is 0 Å². The van der Waals surface area contributed by atoms with E-state index in [0.717, 1.165) is 11.3 Å². The molecule has 4 heteroatoms. The lowest BCUT2D eigenvalue weighted by Crippen LogP contribution is -1.90. The lowest BCUT2D eigenvalue weighted by atomic mass is 10.2. The Morgan fingerprint density at radius 1 is 1.05 bits per heavy atom. The van der Waals surface area contributed by atoms with Crippen LogP contribution in [0.4, 0.5) is 5.69 Å². The summed E-state index contributed by atoms with van der Waals surface area (Å²) >= 11 is 0. The minimum atomic E-state index is 0. The second-order valence-corrected chi connectivity index (χ2v) is 3.97. The van der Waals surface area contributed by atoms with Crippen molar-refractivity contribution in [2.45, 2.75) is 6.92 Å². The zero-order valence-corrected chi connectivity index (χ0v) is 11.3. The van der Waals surface area contributed by atoms with Gasteiger partial charge >= 0.3 is 0 Å². The fraction of sp³-hybridized carbons (Fsp3) is 0.0667. The van der Waals surface area contributed by atoms with Crippen molar-refractivity contribution in [3.63, 3.8) is 0 Å². The van der Waals surface area contributed by atoms with Crippen LogP contribution in [0.15, 0.2) is 53.6 Å². The van der Waals surface area contributed by atoms with Gasteiger partial charge in [-0.3, -0.25) is 5.43 Å². The molecule has 0 aromatic heterocycles. The van der Waals surface area contributed by atoms with Crippen LogP contribution in [0, 0.1) is 18.3 Å². The van der Waals surface area contributed by atoms with Gasteiger partial charge in [0.25, 0.3) is 0 Å². The van der Waals surface area contributed by atoms with Gasteiger partial charge in [-0.15, -0.1) is 12.4 Å². The normalized spacial score (nSPS) is 9.68. The summed E-state index contributed by atoms with van der Waals surface area (Å²) < 4.78 is 0. The van der Waals surface area contributed by atoms with E-state index in [1.165, 1.54) is 5.56 Å². The number of hydrogen-bond donors (Lipinski definition) is 1. The second kappa shape index (κ2) is 7.20. The largest absolute Gasteiger partial charge is 0.279 e. The number of hydrogen-bond acceptors (Lipinski definition) is 3. The summed E-state index contributed by atoms with van der Waals surface area (Å²) in [6.45, 7) is 2.05. The number of anilines is 1. The molecule has 1 N–H and O–H groups in total. The third-order valence-corrected chi connectivity index (χ3v) is 2.50. The van der Waals surface area contributed by atoms with Gasteiger partial charge in [0.1, 0.15) is 0 Å². The van der Waals surface area contributed by atoms with Gasteiger partial charge in [-0.05, 0) is 36.8 Å². The van der Waals surface area contributed by atoms with Crippen molar-refractivity contribution in [2.75, 3.05) is 5.43 Å². The summed E-state index contributed by atoms with van der Waals surface area (Å²) in [5.41, 5.74) is 6.73. The quantitative estimate of drug-likeness (QED) is 0.683. The number of aryl methyl sites for hydroxylation is 1. The van der Waals surface area contributed by atoms with Crippen molar-refractivity contribution < 1.29 is 0 Å². The maximum Gasteiger partial charge on any atom is 0.0991 e. The Morgan fingerprint density at radius 3 is 2.26 bits per heavy atom. The Bertz CT molecular complexity index is 580. The molecule has 0 unspecified atom stereocenters. The lowest BCUT2D eigenvalue weighted by molar-refractivity contribution is 1.34. The molecule has 0 fully saturated rings. The second-order valence-electron chi connectivity index (χ2n) is 3.97. The predicted molar refractivity (Wildman–Crippen MR) is 80.8 cm³/mol. The average molecular weight is 272 g/mol. The van der Waals surface area contributed by atoms with E-state index in [0.29, 0.717) is 5.56 Å². The fourth-order valence-electron chi connectivity index (χ4n) is 1.45. The van der Waals surface area contributed by atoms with Gasteiger partial charge < -0.3 is 0 Å². The van der Waals surface area contributed by atoms with Gasteiger partial charge in [-0.25, -0.2) is 0 Å². The van der Waals surface area contributed by atoms with Crippen LogP contribution in [0.25, 0.3) is 0 Å². The van der Waals surface area contributed by atoms with E-state index >= 15 is 0 Å². The Hall–Kier alpha value is -2.31. The summed E-state index contributed by atoms with van der Waals surface area (Å²) in [6.07, 6.45) is 1.72. The van der Waals surface area contributed by atoms with Crippen molar-refractivity contribution in [2.24, 2.45) is 5.10 Å². The standard InChI is InChI=1S/C15H13N3.ClH/c1-12-2-8-15(9-3-12)18-17-11-14-6-4-13(10-16)5-7-14;/h2-9,11,18H,1H3;1H/b17-11+;. The molecular formula is C15H14ClN3. The first-order valence-corrected chi connectivity index (χ1v) is 5.64. The van der Waals surface area contributed by atoms with Crippen molar-refractivity contribution in [3.8, 4) is 6.07 Å². The van der Waals surface area contributed by atoms with Gasteiger partial charge in [0.05, 0.1) is 23.5 Å². The van der Waals surface area contributed by atoms with Crippen LogP contribution in [0.1, 0.15) is 16.7 Å². The molecule has 96 valence electrons. The van der Waals surface area contributed by atoms with Crippen molar-refractivity contribution >= 4 is 24.3 Å². The molecule has 0 amide bonds. The molecule has 0 bridgehead atoms. The molecule has 2 aromatic carbocycles. The maximum absolute atomic E-state index is 8.68. The highest BCUT2D eigenvalue weighted by molar-refractivity contribution is 5.85. The lowest BCUT2D eigenvalue weighted by Gasteiger charge is -2.00. The minimum absolute atomic E-state index is 0. The molecule has 0 atom stereocenters. The number of benzene rings is 2. The van der Waals surface area contributed by atoms with Crippen LogP contribution in [0.5, 0.6) is 0 Å². The van der Waals surface area contributed by atoms with Crippen molar-refractivity contribution in [3.05, 3.63) is 65.2 Å². The molecule has 3 nitrogen and oxygen atoms in total. The molecule has 0 heterocycles. The monoisotopic (exact) mass is 271 g/mol. The molecule has 0 aliphatic heterocycles. The third kappa shape index (κ3) is 4.46. The van der Waals surface area contributed by atoms with Crippen LogP contribution >= 0.6 is 12.4 Å². The highest BCUT2D eigenvalue weighted by Crippen LogP contribution is 2.08. The molecule has 2 rings (SSSR count). The van der Waals surface area contributed by atoms with Gasteiger partial charge in [-0.2, -0.15) is 10.4 Å². The number of nitriles is 1. The van der Waals surface area contributed by atoms with E-state index in [9.17, 15) is 0 Å². The number of hydrazone groups is 1. The predicted octanol–water partition coefficient (Wildman–Crippen LogP) is 3.73. The summed E-state index contributed by atoms with van der Waals surface area (Å²) in [5, 5.41) is 12.8. The molecule has 0 spiro atoms. The number of rotatable bonds is 3. The molecule has 2 aromatic rings. The third-order valence-electron chi connectivity index (χ3n) is 2.50. The Balaban J connectivity index is 0.00000180. The number of nitrogens with zero attached hydrogens (tertiary/aromatic N) is 2. The first-order valence-electron chi connectivity index (χ1n) is 5.64. The Morgan fingerprint density at radius 2 is 1.68 bits per heavy atom. The summed E-state index contributed by atoms with van der Waals surface area (Å²) in [4.78, 5) is 0. The van der Waals surface area contributed by atoms with Crippen LogP contribution in [0.2, 0.25) is 0 Å². The number of halogens is 1. The summed E-state index contributed by atoms with van der Waals surface area (Å²) in [5.74, 6) is 0. The SMILES string of the molecule is Cc1ccc(N/N=C/c2ccc(C#N)cc2)cc1.Cl. The van der Waals surface area contributed by atoms with Gasteiger partial charge in [-0.1, -0.05) is 29.8 Å². The highest BCUT2D eigenvalue weighted by atomic mass is 35.5. The highest BCUT2D eigenvalue weighted by Gasteiger charge is 1.91. The summed E-state index contributed by atoms with van der Waals surface area (Å²) in [6, 6.07) is 17.4. The van der Waals surface area contributed by atoms with Crippen LogP contribution in [-0.4, -0.2) is 6.21 Å². The van der Waals surface area contributed by atoms with Gasteiger partial charge in [0, 0.05) is 0 Å². The fourth-order valence-corrected chi connectivity index (χ4v) is 1.45. The minimum Gasteiger partial charge on any atom is -0.279 e. The van der Waals surface area contributed by atoms with E-state index < -0.39 is 0 Å². The molecule has 0 aliphatic carbocycles. The zero-order valence-electron chi connectivity index (χ0n) is 10.5.